The Hall–Kier alpha value is -2.77. The molecule has 1 aliphatic carbocycles. The van der Waals surface area contributed by atoms with Gasteiger partial charge in [-0.15, -0.1) is 0 Å². The zero-order chi connectivity index (χ0) is 17.4. The van der Waals surface area contributed by atoms with Gasteiger partial charge in [0.1, 0.15) is 0 Å². The number of aromatic nitrogens is 2. The minimum Gasteiger partial charge on any atom is -0.324 e. The molecule has 3 aromatic rings. The van der Waals surface area contributed by atoms with Gasteiger partial charge in [-0.3, -0.25) is 0 Å². The fourth-order valence-corrected chi connectivity index (χ4v) is 3.49. The third-order valence-electron chi connectivity index (χ3n) is 4.24. The van der Waals surface area contributed by atoms with Gasteiger partial charge in [-0.2, -0.15) is 0 Å². The van der Waals surface area contributed by atoms with Crippen LogP contribution in [-0.2, 0) is 22.9 Å². The lowest BCUT2D eigenvalue weighted by molar-refractivity contribution is 0.598. The summed E-state index contributed by atoms with van der Waals surface area (Å²) in [5.74, 6) is 0.471. The van der Waals surface area contributed by atoms with Crippen LogP contribution >= 0.6 is 0 Å². The Morgan fingerprint density at radius 3 is 2.44 bits per heavy atom. The van der Waals surface area contributed by atoms with E-state index < -0.39 is 10.0 Å². The normalized spacial score (nSPS) is 13.0. The highest BCUT2D eigenvalue weighted by Crippen LogP contribution is 2.32. The molecule has 6 nitrogen and oxygen atoms in total. The summed E-state index contributed by atoms with van der Waals surface area (Å²) in [4.78, 5) is 9.09. The van der Waals surface area contributed by atoms with Crippen LogP contribution < -0.4 is 10.5 Å². The van der Waals surface area contributed by atoms with Gasteiger partial charge in [0.25, 0.3) is 0 Å². The van der Waals surface area contributed by atoms with E-state index in [0.717, 1.165) is 29.7 Å². The standard InChI is InChI=1S/C18H16N4O2S/c19-25(23,24)15-9-7-14(8-10-15)21-18-20-11-13-6-5-12-3-1-2-4-16(12)17(13)22-18/h1-4,7-11H,5-6H2,(H2,19,23,24)(H,20,21,22). The van der Waals surface area contributed by atoms with Crippen LogP contribution in [0.5, 0.6) is 0 Å². The number of nitrogens with zero attached hydrogens (tertiary/aromatic N) is 2. The van der Waals surface area contributed by atoms with Crippen molar-refractivity contribution in [3.8, 4) is 11.3 Å². The van der Waals surface area contributed by atoms with E-state index in [-0.39, 0.29) is 4.90 Å². The van der Waals surface area contributed by atoms with Crippen LogP contribution in [0.3, 0.4) is 0 Å². The highest BCUT2D eigenvalue weighted by atomic mass is 32.2. The van der Waals surface area contributed by atoms with E-state index >= 15 is 0 Å². The minimum absolute atomic E-state index is 0.0679. The number of rotatable bonds is 3. The Balaban J connectivity index is 1.65. The van der Waals surface area contributed by atoms with E-state index in [1.165, 1.54) is 17.7 Å². The van der Waals surface area contributed by atoms with Crippen molar-refractivity contribution >= 4 is 21.7 Å². The molecule has 2 aromatic carbocycles. The second kappa shape index (κ2) is 5.94. The number of anilines is 2. The highest BCUT2D eigenvalue weighted by Gasteiger charge is 2.18. The summed E-state index contributed by atoms with van der Waals surface area (Å²) in [6.45, 7) is 0. The number of aryl methyl sites for hydroxylation is 2. The van der Waals surface area contributed by atoms with Crippen LogP contribution in [-0.4, -0.2) is 18.4 Å². The van der Waals surface area contributed by atoms with E-state index in [9.17, 15) is 8.42 Å². The van der Waals surface area contributed by atoms with Crippen molar-refractivity contribution in [2.24, 2.45) is 5.14 Å². The molecule has 1 aliphatic rings. The molecule has 126 valence electrons. The average molecular weight is 352 g/mol. The van der Waals surface area contributed by atoms with Crippen molar-refractivity contribution in [3.63, 3.8) is 0 Å². The van der Waals surface area contributed by atoms with Crippen LogP contribution in [0, 0.1) is 0 Å². The molecule has 3 N–H and O–H groups in total. The van der Waals surface area contributed by atoms with E-state index in [2.05, 4.69) is 27.4 Å². The van der Waals surface area contributed by atoms with E-state index in [4.69, 9.17) is 5.14 Å². The maximum Gasteiger partial charge on any atom is 0.238 e. The third-order valence-corrected chi connectivity index (χ3v) is 5.17. The zero-order valence-electron chi connectivity index (χ0n) is 13.3. The summed E-state index contributed by atoms with van der Waals surface area (Å²) in [5, 5.41) is 8.21. The Labute approximate surface area is 145 Å². The molecule has 0 spiro atoms. The maximum atomic E-state index is 11.3. The highest BCUT2D eigenvalue weighted by molar-refractivity contribution is 7.89. The summed E-state index contributed by atoms with van der Waals surface area (Å²) in [6, 6.07) is 14.4. The minimum atomic E-state index is -3.70. The number of benzene rings is 2. The summed E-state index contributed by atoms with van der Waals surface area (Å²) >= 11 is 0. The topological polar surface area (TPSA) is 98.0 Å². The van der Waals surface area contributed by atoms with Crippen LogP contribution in [0.2, 0.25) is 0 Å². The van der Waals surface area contributed by atoms with Gasteiger partial charge in [0.15, 0.2) is 0 Å². The van der Waals surface area contributed by atoms with Gasteiger partial charge in [0, 0.05) is 17.4 Å². The van der Waals surface area contributed by atoms with Gasteiger partial charge >= 0.3 is 0 Å². The molecule has 7 heteroatoms. The molecule has 0 saturated carbocycles. The fourth-order valence-electron chi connectivity index (χ4n) is 2.98. The lowest BCUT2D eigenvalue weighted by Crippen LogP contribution is -2.12. The first-order valence-corrected chi connectivity index (χ1v) is 9.39. The predicted molar refractivity (Wildman–Crippen MR) is 96.0 cm³/mol. The van der Waals surface area contributed by atoms with Gasteiger partial charge in [-0.1, -0.05) is 24.3 Å². The van der Waals surface area contributed by atoms with Gasteiger partial charge in [0.05, 0.1) is 10.6 Å². The molecule has 0 unspecified atom stereocenters. The molecule has 0 saturated heterocycles. The average Bonchev–Trinajstić information content (AvgIpc) is 2.61. The molecule has 0 atom stereocenters. The number of hydrogen-bond acceptors (Lipinski definition) is 5. The Bertz CT molecular complexity index is 1050. The largest absolute Gasteiger partial charge is 0.324 e. The third kappa shape index (κ3) is 3.11. The van der Waals surface area contributed by atoms with Crippen LogP contribution in [0.15, 0.2) is 59.6 Å². The van der Waals surface area contributed by atoms with Gasteiger partial charge in [-0.25, -0.2) is 23.5 Å². The molecule has 0 aliphatic heterocycles. The first-order chi connectivity index (χ1) is 12.0. The number of hydrogen-bond donors (Lipinski definition) is 2. The molecule has 1 aromatic heterocycles. The van der Waals surface area contributed by atoms with Crippen molar-refractivity contribution in [2.75, 3.05) is 5.32 Å². The van der Waals surface area contributed by atoms with Crippen LogP contribution in [0.4, 0.5) is 11.6 Å². The molecular formula is C18H16N4O2S. The first kappa shape index (κ1) is 15.7. The Morgan fingerprint density at radius 2 is 1.68 bits per heavy atom. The fraction of sp³-hybridized carbons (Fsp3) is 0.111. The lowest BCUT2D eigenvalue weighted by atomic mass is 9.90. The van der Waals surface area contributed by atoms with Crippen LogP contribution in [0.1, 0.15) is 11.1 Å². The van der Waals surface area contributed by atoms with E-state index in [1.807, 2.05) is 18.3 Å². The van der Waals surface area contributed by atoms with Crippen LogP contribution in [0.25, 0.3) is 11.3 Å². The number of primary sulfonamides is 1. The van der Waals surface area contributed by atoms with Gasteiger partial charge in [0.2, 0.25) is 16.0 Å². The molecule has 0 amide bonds. The lowest BCUT2D eigenvalue weighted by Gasteiger charge is -2.19. The van der Waals surface area contributed by atoms with Gasteiger partial charge in [-0.05, 0) is 48.2 Å². The van der Waals surface area contributed by atoms with Crippen molar-refractivity contribution in [1.82, 2.24) is 9.97 Å². The molecule has 1 heterocycles. The SMILES string of the molecule is NS(=O)(=O)c1ccc(Nc2ncc3c(n2)-c2ccccc2CC3)cc1. The monoisotopic (exact) mass is 352 g/mol. The number of fused-ring (bicyclic) bond motifs is 3. The molecule has 0 bridgehead atoms. The van der Waals surface area contributed by atoms with Crippen molar-refractivity contribution < 1.29 is 8.42 Å². The summed E-state index contributed by atoms with van der Waals surface area (Å²) in [5.41, 5.74) is 5.20. The first-order valence-electron chi connectivity index (χ1n) is 7.85. The molecular weight excluding hydrogens is 336 g/mol. The van der Waals surface area contributed by atoms with Crippen molar-refractivity contribution in [2.45, 2.75) is 17.7 Å². The maximum absolute atomic E-state index is 11.3. The van der Waals surface area contributed by atoms with E-state index in [0.29, 0.717) is 11.6 Å². The van der Waals surface area contributed by atoms with Gasteiger partial charge < -0.3 is 5.32 Å². The Kier molecular flexibility index (Phi) is 3.74. The van der Waals surface area contributed by atoms with Crippen molar-refractivity contribution in [1.29, 1.82) is 0 Å². The molecule has 4 rings (SSSR count). The second-order valence-electron chi connectivity index (χ2n) is 5.92. The van der Waals surface area contributed by atoms with Crippen molar-refractivity contribution in [3.05, 3.63) is 65.9 Å². The summed E-state index contributed by atoms with van der Waals surface area (Å²) in [7, 11) is -3.70. The predicted octanol–water partition coefficient (Wildman–Crippen LogP) is 2.63. The zero-order valence-corrected chi connectivity index (χ0v) is 14.1. The molecule has 25 heavy (non-hydrogen) atoms. The number of nitrogens with two attached hydrogens (primary N) is 1. The van der Waals surface area contributed by atoms with E-state index in [1.54, 1.807) is 12.1 Å². The Morgan fingerprint density at radius 1 is 0.960 bits per heavy atom. The second-order valence-corrected chi connectivity index (χ2v) is 7.48. The summed E-state index contributed by atoms with van der Waals surface area (Å²) < 4.78 is 22.6. The molecule has 0 radical (unpaired) electrons. The number of nitrogens with one attached hydrogen (secondary N) is 1. The smallest absolute Gasteiger partial charge is 0.238 e. The quantitative estimate of drug-likeness (QED) is 0.755. The number of sulfonamides is 1. The summed E-state index contributed by atoms with van der Waals surface area (Å²) in [6.07, 6.45) is 3.77. The molecule has 0 fully saturated rings.